The van der Waals surface area contributed by atoms with E-state index in [1.54, 1.807) is 30.3 Å². The molecule has 0 spiro atoms. The van der Waals surface area contributed by atoms with Crippen LogP contribution in [0.25, 0.3) is 0 Å². The van der Waals surface area contributed by atoms with Gasteiger partial charge < -0.3 is 25.5 Å². The fourth-order valence-corrected chi connectivity index (χ4v) is 2.29. The lowest BCUT2D eigenvalue weighted by molar-refractivity contribution is 0.0651. The van der Waals surface area contributed by atoms with Crippen molar-refractivity contribution in [2.24, 2.45) is 0 Å². The van der Waals surface area contributed by atoms with Crippen molar-refractivity contribution >= 4 is 29.8 Å². The first-order valence-electron chi connectivity index (χ1n) is 8.95. The van der Waals surface area contributed by atoms with Gasteiger partial charge in [-0.3, -0.25) is 0 Å². The van der Waals surface area contributed by atoms with E-state index >= 15 is 0 Å². The summed E-state index contributed by atoms with van der Waals surface area (Å²) in [6.07, 6.45) is 0. The van der Waals surface area contributed by atoms with Crippen LogP contribution in [-0.4, -0.2) is 55.4 Å². The first-order chi connectivity index (χ1) is 15.6. The zero-order valence-electron chi connectivity index (χ0n) is 16.8. The van der Waals surface area contributed by atoms with E-state index in [4.69, 9.17) is 25.5 Å². The minimum absolute atomic E-state index is 0.190. The van der Waals surface area contributed by atoms with Crippen molar-refractivity contribution in [3.8, 4) is 0 Å². The van der Waals surface area contributed by atoms with Crippen LogP contribution >= 0.6 is 0 Å². The summed E-state index contributed by atoms with van der Waals surface area (Å²) in [4.78, 5) is 52.1. The van der Waals surface area contributed by atoms with Crippen molar-refractivity contribution in [2.75, 3.05) is 0 Å². The lowest BCUT2D eigenvalue weighted by atomic mass is 10.1. The quantitative estimate of drug-likeness (QED) is 0.381. The van der Waals surface area contributed by atoms with Crippen LogP contribution in [0.4, 0.5) is 0 Å². The largest absolute Gasteiger partial charge is 0.478 e. The molecule has 10 nitrogen and oxygen atoms in total. The van der Waals surface area contributed by atoms with Gasteiger partial charge in [0.15, 0.2) is 0 Å². The molecule has 0 heterocycles. The topological polar surface area (TPSA) is 186 Å². The molecule has 10 heteroatoms. The van der Waals surface area contributed by atoms with Crippen molar-refractivity contribution in [1.29, 1.82) is 0 Å². The Morgan fingerprint density at radius 3 is 0.788 bits per heavy atom. The second-order valence-electron chi connectivity index (χ2n) is 5.98. The van der Waals surface area contributed by atoms with Crippen molar-refractivity contribution in [1.82, 2.24) is 0 Å². The standard InChI is InChI=1S/2C8H6O4.C7H6O2/c2*9-7(10)5-3-1-2-4-6(5)8(11)12;8-7(9)6-4-2-1-3-5-6/h2*1-4H,(H,9,10)(H,11,12);1-5H,(H,8,9). The van der Waals surface area contributed by atoms with Gasteiger partial charge in [0.25, 0.3) is 0 Å². The highest BCUT2D eigenvalue weighted by atomic mass is 16.4. The second kappa shape index (κ2) is 12.6. The molecule has 3 rings (SSSR count). The van der Waals surface area contributed by atoms with Crippen LogP contribution in [0.15, 0.2) is 78.9 Å². The summed E-state index contributed by atoms with van der Waals surface area (Å²) in [5, 5.41) is 42.6. The third-order valence-electron chi connectivity index (χ3n) is 3.80. The molecule has 0 aliphatic heterocycles. The molecule has 0 aromatic heterocycles. The predicted molar refractivity (Wildman–Crippen MR) is 114 cm³/mol. The zero-order chi connectivity index (χ0) is 25.0. The van der Waals surface area contributed by atoms with Gasteiger partial charge in [-0.05, 0) is 36.4 Å². The van der Waals surface area contributed by atoms with Crippen LogP contribution < -0.4 is 0 Å². The minimum Gasteiger partial charge on any atom is -0.478 e. The number of carboxylic acids is 5. The molecular formula is C23H18O10. The number of carbonyl (C=O) groups is 5. The second-order valence-corrected chi connectivity index (χ2v) is 5.98. The Morgan fingerprint density at radius 1 is 0.364 bits per heavy atom. The average Bonchev–Trinajstić information content (AvgIpc) is 2.80. The molecule has 0 saturated carbocycles. The molecule has 0 amide bonds. The molecule has 0 fully saturated rings. The van der Waals surface area contributed by atoms with E-state index in [1.807, 2.05) is 0 Å². The van der Waals surface area contributed by atoms with Crippen molar-refractivity contribution in [3.05, 3.63) is 107 Å². The van der Waals surface area contributed by atoms with E-state index in [0.29, 0.717) is 5.56 Å². The van der Waals surface area contributed by atoms with E-state index in [2.05, 4.69) is 0 Å². The van der Waals surface area contributed by atoms with Crippen LogP contribution in [-0.2, 0) is 0 Å². The molecular weight excluding hydrogens is 436 g/mol. The summed E-state index contributed by atoms with van der Waals surface area (Å²) in [6.45, 7) is 0. The van der Waals surface area contributed by atoms with Gasteiger partial charge in [-0.1, -0.05) is 42.5 Å². The van der Waals surface area contributed by atoms with E-state index in [0.717, 1.165) is 0 Å². The summed E-state index contributed by atoms with van der Waals surface area (Å²) in [7, 11) is 0. The van der Waals surface area contributed by atoms with Crippen LogP contribution in [0.5, 0.6) is 0 Å². The van der Waals surface area contributed by atoms with Crippen LogP contribution in [0.2, 0.25) is 0 Å². The monoisotopic (exact) mass is 454 g/mol. The van der Waals surface area contributed by atoms with Crippen LogP contribution in [0.1, 0.15) is 51.8 Å². The molecule has 0 atom stereocenters. The maximum atomic E-state index is 10.5. The molecule has 3 aromatic rings. The first-order valence-corrected chi connectivity index (χ1v) is 8.95. The van der Waals surface area contributed by atoms with Gasteiger partial charge in [-0.15, -0.1) is 0 Å². The molecule has 170 valence electrons. The van der Waals surface area contributed by atoms with E-state index in [9.17, 15) is 24.0 Å². The molecule has 0 aliphatic rings. The van der Waals surface area contributed by atoms with Crippen molar-refractivity contribution in [3.63, 3.8) is 0 Å². The molecule has 33 heavy (non-hydrogen) atoms. The smallest absolute Gasteiger partial charge is 0.336 e. The third-order valence-corrected chi connectivity index (χ3v) is 3.80. The van der Waals surface area contributed by atoms with Gasteiger partial charge >= 0.3 is 29.8 Å². The van der Waals surface area contributed by atoms with Gasteiger partial charge in [-0.2, -0.15) is 0 Å². The van der Waals surface area contributed by atoms with Gasteiger partial charge in [0.05, 0.1) is 27.8 Å². The molecule has 5 N–H and O–H groups in total. The Labute approximate surface area is 186 Å². The number of carboxylic acid groups (broad SMARTS) is 5. The normalized spacial score (nSPS) is 9.21. The summed E-state index contributed by atoms with van der Waals surface area (Å²) < 4.78 is 0. The maximum Gasteiger partial charge on any atom is 0.336 e. The van der Waals surface area contributed by atoms with Gasteiger partial charge in [0, 0.05) is 0 Å². The molecule has 0 unspecified atom stereocenters. The Hall–Kier alpha value is -4.99. The highest BCUT2D eigenvalue weighted by Crippen LogP contribution is 2.08. The highest BCUT2D eigenvalue weighted by molar-refractivity contribution is 6.02. The number of benzene rings is 3. The third kappa shape index (κ3) is 8.34. The number of aromatic carboxylic acids is 5. The Kier molecular flexibility index (Phi) is 9.98. The maximum absolute atomic E-state index is 10.5. The van der Waals surface area contributed by atoms with Gasteiger partial charge in [0.2, 0.25) is 0 Å². The van der Waals surface area contributed by atoms with Gasteiger partial charge in [-0.25, -0.2) is 24.0 Å². The SMILES string of the molecule is O=C(O)c1ccccc1.O=C(O)c1ccccc1C(=O)O.O=C(O)c1ccccc1C(=O)O. The van der Waals surface area contributed by atoms with Crippen LogP contribution in [0.3, 0.4) is 0 Å². The molecule has 0 radical (unpaired) electrons. The van der Waals surface area contributed by atoms with Crippen LogP contribution in [0, 0.1) is 0 Å². The molecule has 0 aliphatic carbocycles. The predicted octanol–water partition coefficient (Wildman–Crippen LogP) is 3.55. The summed E-state index contributed by atoms with van der Waals surface area (Å²) in [5.41, 5.74) is -0.428. The Bertz CT molecular complexity index is 1020. The number of hydrogen-bond acceptors (Lipinski definition) is 5. The number of hydrogen-bond donors (Lipinski definition) is 5. The zero-order valence-corrected chi connectivity index (χ0v) is 16.8. The number of rotatable bonds is 5. The minimum atomic E-state index is -1.23. The Morgan fingerprint density at radius 2 is 0.606 bits per heavy atom. The highest BCUT2D eigenvalue weighted by Gasteiger charge is 2.14. The summed E-state index contributed by atoms with van der Waals surface area (Å²) in [6, 6.07) is 19.2. The van der Waals surface area contributed by atoms with E-state index < -0.39 is 29.8 Å². The molecule has 0 saturated heterocycles. The van der Waals surface area contributed by atoms with Gasteiger partial charge in [0.1, 0.15) is 0 Å². The Balaban J connectivity index is 0.000000250. The fraction of sp³-hybridized carbons (Fsp3) is 0. The van der Waals surface area contributed by atoms with Crippen molar-refractivity contribution in [2.45, 2.75) is 0 Å². The molecule has 0 bridgehead atoms. The summed E-state index contributed by atoms with van der Waals surface area (Å²) in [5.74, 6) is -5.79. The van der Waals surface area contributed by atoms with Crippen molar-refractivity contribution < 1.29 is 49.5 Å². The van der Waals surface area contributed by atoms with E-state index in [-0.39, 0.29) is 22.3 Å². The summed E-state index contributed by atoms with van der Waals surface area (Å²) >= 11 is 0. The fourth-order valence-electron chi connectivity index (χ4n) is 2.29. The lowest BCUT2D eigenvalue weighted by Crippen LogP contribution is -2.06. The lowest BCUT2D eigenvalue weighted by Gasteiger charge is -1.98. The van der Waals surface area contributed by atoms with E-state index in [1.165, 1.54) is 48.5 Å². The molecule has 3 aromatic carbocycles. The first kappa shape index (κ1) is 26.0. The average molecular weight is 454 g/mol.